The van der Waals surface area contributed by atoms with E-state index in [1.165, 1.54) is 19.8 Å². The lowest BCUT2D eigenvalue weighted by molar-refractivity contribution is -0.177. The Bertz CT molecular complexity index is 707. The molecule has 0 bridgehead atoms. The van der Waals surface area contributed by atoms with Gasteiger partial charge in [0.25, 0.3) is 0 Å². The second-order valence-electron chi connectivity index (χ2n) is 10.4. The predicted octanol–water partition coefficient (Wildman–Crippen LogP) is 5.00. The molecule has 0 N–H and O–H groups in total. The Hall–Kier alpha value is -0.390. The van der Waals surface area contributed by atoms with Crippen LogP contribution < -0.4 is 0 Å². The molecule has 156 valence electrons. The summed E-state index contributed by atoms with van der Waals surface area (Å²) in [5.41, 5.74) is 2.00. The van der Waals surface area contributed by atoms with Crippen molar-refractivity contribution in [2.45, 2.75) is 82.4 Å². The Morgan fingerprint density at radius 2 is 2.04 bits per heavy atom. The SMILES string of the molecule is CC(=O)O[C@H]1CC[C@@]2(C)C(=CC[C@@H]3[C@@H]2CC[C@]2(C)C4OCCO[C@@]4(Br)C[C@@H]32)C1. The molecule has 3 saturated carbocycles. The Balaban J connectivity index is 1.43. The standard InChI is InChI=1S/C23H33BrO4/c1-14(25)28-16-6-8-21(2)15(12-16)4-5-17-18(21)7-9-22(3)19(17)13-23(24)20(22)26-10-11-27-23/h4,16-20H,5-13H2,1-3H3/t16-,17+,18-,19-,20?,21-,22-,23-/m0/s1. The number of alkyl halides is 1. The molecule has 0 spiro atoms. The van der Waals surface area contributed by atoms with E-state index in [0.717, 1.165) is 38.0 Å². The smallest absolute Gasteiger partial charge is 0.302 e. The van der Waals surface area contributed by atoms with Gasteiger partial charge in [-0.05, 0) is 61.7 Å². The summed E-state index contributed by atoms with van der Waals surface area (Å²) in [7, 11) is 0. The van der Waals surface area contributed by atoms with Crippen molar-refractivity contribution in [1.82, 2.24) is 0 Å². The molecule has 0 aromatic heterocycles. The fraction of sp³-hybridized carbons (Fsp3) is 0.870. The summed E-state index contributed by atoms with van der Waals surface area (Å²) in [6, 6.07) is 0. The number of fused-ring (bicyclic) bond motifs is 7. The minimum Gasteiger partial charge on any atom is -0.462 e. The van der Waals surface area contributed by atoms with Gasteiger partial charge in [-0.15, -0.1) is 0 Å². The van der Waals surface area contributed by atoms with Crippen LogP contribution in [0.2, 0.25) is 0 Å². The summed E-state index contributed by atoms with van der Waals surface area (Å²) < 4.78 is 17.8. The maximum absolute atomic E-state index is 11.4. The third kappa shape index (κ3) is 2.71. The lowest BCUT2D eigenvalue weighted by atomic mass is 9.48. The largest absolute Gasteiger partial charge is 0.462 e. The van der Waals surface area contributed by atoms with Crippen LogP contribution in [-0.4, -0.2) is 35.9 Å². The highest BCUT2D eigenvalue weighted by Gasteiger charge is 2.67. The first-order valence-electron chi connectivity index (χ1n) is 11.1. The van der Waals surface area contributed by atoms with Gasteiger partial charge in [-0.3, -0.25) is 4.79 Å². The number of hydrogen-bond donors (Lipinski definition) is 0. The van der Waals surface area contributed by atoms with Crippen LogP contribution in [0, 0.1) is 28.6 Å². The maximum Gasteiger partial charge on any atom is 0.302 e. The summed E-state index contributed by atoms with van der Waals surface area (Å²) in [5.74, 6) is 1.91. The van der Waals surface area contributed by atoms with Gasteiger partial charge in [-0.1, -0.05) is 41.4 Å². The first kappa shape index (κ1) is 19.6. The minimum atomic E-state index is -0.294. The van der Waals surface area contributed by atoms with Crippen LogP contribution >= 0.6 is 15.9 Å². The minimum absolute atomic E-state index is 0.0733. The van der Waals surface area contributed by atoms with Crippen LogP contribution in [0.1, 0.15) is 65.7 Å². The fourth-order valence-electron chi connectivity index (χ4n) is 7.75. The molecule has 8 atom stereocenters. The number of esters is 1. The van der Waals surface area contributed by atoms with E-state index in [9.17, 15) is 4.79 Å². The third-order valence-corrected chi connectivity index (χ3v) is 10.00. The van der Waals surface area contributed by atoms with Crippen molar-refractivity contribution in [1.29, 1.82) is 0 Å². The molecule has 4 aliphatic carbocycles. The van der Waals surface area contributed by atoms with Crippen LogP contribution in [-0.2, 0) is 19.0 Å². The van der Waals surface area contributed by atoms with Crippen molar-refractivity contribution < 1.29 is 19.0 Å². The van der Waals surface area contributed by atoms with E-state index in [4.69, 9.17) is 14.2 Å². The lowest BCUT2D eigenvalue weighted by Crippen LogP contribution is -2.53. The van der Waals surface area contributed by atoms with Gasteiger partial charge >= 0.3 is 5.97 Å². The van der Waals surface area contributed by atoms with Crippen molar-refractivity contribution in [2.24, 2.45) is 28.6 Å². The molecular formula is C23H33BrO4. The molecule has 4 fully saturated rings. The highest BCUT2D eigenvalue weighted by molar-refractivity contribution is 9.10. The van der Waals surface area contributed by atoms with Gasteiger partial charge in [-0.2, -0.15) is 0 Å². The second-order valence-corrected chi connectivity index (χ2v) is 11.7. The Morgan fingerprint density at radius 1 is 1.21 bits per heavy atom. The molecule has 5 heteroatoms. The molecule has 1 saturated heterocycles. The summed E-state index contributed by atoms with van der Waals surface area (Å²) in [6.45, 7) is 7.88. The summed E-state index contributed by atoms with van der Waals surface area (Å²) in [5, 5.41) is 0. The van der Waals surface area contributed by atoms with Gasteiger partial charge in [0.15, 0.2) is 0 Å². The van der Waals surface area contributed by atoms with E-state index in [0.29, 0.717) is 25.0 Å². The number of allylic oxidation sites excluding steroid dienone is 1. The van der Waals surface area contributed by atoms with Gasteiger partial charge in [0.05, 0.1) is 13.2 Å². The number of ether oxygens (including phenoxy) is 3. The second kappa shape index (κ2) is 6.55. The Morgan fingerprint density at radius 3 is 2.82 bits per heavy atom. The molecule has 0 aromatic carbocycles. The number of rotatable bonds is 1. The van der Waals surface area contributed by atoms with E-state index in [2.05, 4.69) is 35.9 Å². The van der Waals surface area contributed by atoms with E-state index < -0.39 is 0 Å². The molecule has 1 unspecified atom stereocenters. The maximum atomic E-state index is 11.4. The first-order valence-corrected chi connectivity index (χ1v) is 11.9. The average molecular weight is 453 g/mol. The molecule has 0 amide bonds. The van der Waals surface area contributed by atoms with Crippen LogP contribution in [0.4, 0.5) is 0 Å². The molecular weight excluding hydrogens is 420 g/mol. The molecule has 1 aliphatic heterocycles. The quantitative estimate of drug-likeness (QED) is 0.319. The van der Waals surface area contributed by atoms with Crippen LogP contribution in [0.15, 0.2) is 11.6 Å². The normalized spacial score (nSPS) is 52.6. The molecule has 5 rings (SSSR count). The summed E-state index contributed by atoms with van der Waals surface area (Å²) >= 11 is 3.97. The van der Waals surface area contributed by atoms with E-state index in [-0.39, 0.29) is 33.5 Å². The molecule has 1 heterocycles. The topological polar surface area (TPSA) is 44.8 Å². The lowest BCUT2D eigenvalue weighted by Gasteiger charge is -2.57. The molecule has 0 aromatic rings. The average Bonchev–Trinajstić information content (AvgIpc) is 2.89. The van der Waals surface area contributed by atoms with Gasteiger partial charge < -0.3 is 14.2 Å². The van der Waals surface area contributed by atoms with Gasteiger partial charge in [0.2, 0.25) is 0 Å². The van der Waals surface area contributed by atoms with E-state index in [1.807, 2.05) is 0 Å². The number of halogens is 1. The van der Waals surface area contributed by atoms with Crippen LogP contribution in [0.3, 0.4) is 0 Å². The number of carbonyl (C=O) groups excluding carboxylic acids is 1. The summed E-state index contributed by atoms with van der Waals surface area (Å²) in [6.07, 6.45) is 10.5. The fourth-order valence-corrected chi connectivity index (χ4v) is 8.91. The van der Waals surface area contributed by atoms with E-state index in [1.54, 1.807) is 5.57 Å². The Labute approximate surface area is 176 Å². The van der Waals surface area contributed by atoms with Crippen molar-refractivity contribution in [3.05, 3.63) is 11.6 Å². The van der Waals surface area contributed by atoms with Crippen LogP contribution in [0.25, 0.3) is 0 Å². The monoisotopic (exact) mass is 452 g/mol. The highest BCUT2D eigenvalue weighted by Crippen LogP contribution is 2.68. The van der Waals surface area contributed by atoms with Crippen molar-refractivity contribution >= 4 is 21.9 Å². The zero-order valence-corrected chi connectivity index (χ0v) is 18.9. The molecule has 5 aliphatic rings. The first-order chi connectivity index (χ1) is 13.3. The summed E-state index contributed by atoms with van der Waals surface area (Å²) in [4.78, 5) is 11.4. The van der Waals surface area contributed by atoms with Crippen molar-refractivity contribution in [3.63, 3.8) is 0 Å². The number of carbonyl (C=O) groups is 1. The zero-order valence-electron chi connectivity index (χ0n) is 17.3. The molecule has 28 heavy (non-hydrogen) atoms. The molecule has 4 nitrogen and oxygen atoms in total. The number of hydrogen-bond acceptors (Lipinski definition) is 4. The predicted molar refractivity (Wildman–Crippen MR) is 110 cm³/mol. The van der Waals surface area contributed by atoms with Gasteiger partial charge in [-0.25, -0.2) is 0 Å². The van der Waals surface area contributed by atoms with Gasteiger partial charge in [0.1, 0.15) is 16.7 Å². The van der Waals surface area contributed by atoms with Crippen molar-refractivity contribution in [2.75, 3.05) is 13.2 Å². The van der Waals surface area contributed by atoms with E-state index >= 15 is 0 Å². The van der Waals surface area contributed by atoms with Crippen molar-refractivity contribution in [3.8, 4) is 0 Å². The van der Waals surface area contributed by atoms with Gasteiger partial charge in [0, 0.05) is 18.8 Å². The zero-order chi connectivity index (χ0) is 19.7. The molecule has 0 radical (unpaired) electrons. The highest BCUT2D eigenvalue weighted by atomic mass is 79.9. The Kier molecular flexibility index (Phi) is 4.58. The van der Waals surface area contributed by atoms with Crippen LogP contribution in [0.5, 0.6) is 0 Å². The third-order valence-electron chi connectivity index (χ3n) is 9.03.